The number of nitrogens with one attached hydrogen (secondary N) is 2. The Morgan fingerprint density at radius 3 is 2.67 bits per heavy atom. The van der Waals surface area contributed by atoms with Gasteiger partial charge in [0.25, 0.3) is 10.0 Å². The standard InChI is InChI=1S/C8H8ClN3O4S2/c1-10-17(13,14)7-3-8-6(2-5(7)9)11-4-12-18(8,15)16/h2-4,10H,1H3,(H,11,12). The van der Waals surface area contributed by atoms with Crippen molar-refractivity contribution in [2.45, 2.75) is 9.79 Å². The third-order valence-electron chi connectivity index (χ3n) is 2.28. The number of benzene rings is 1. The maximum absolute atomic E-state index is 11.7. The number of rotatable bonds is 2. The van der Waals surface area contributed by atoms with Crippen LogP contribution >= 0.6 is 11.6 Å². The molecule has 0 aliphatic carbocycles. The molecule has 18 heavy (non-hydrogen) atoms. The molecule has 0 unspecified atom stereocenters. The molecule has 1 aliphatic heterocycles. The molecule has 0 aromatic heterocycles. The summed E-state index contributed by atoms with van der Waals surface area (Å²) >= 11 is 5.82. The molecule has 7 nitrogen and oxygen atoms in total. The van der Waals surface area contributed by atoms with Crippen molar-refractivity contribution >= 4 is 43.7 Å². The Morgan fingerprint density at radius 1 is 1.39 bits per heavy atom. The molecule has 98 valence electrons. The van der Waals surface area contributed by atoms with E-state index in [0.717, 1.165) is 12.4 Å². The van der Waals surface area contributed by atoms with Crippen molar-refractivity contribution in [1.29, 1.82) is 0 Å². The Hall–Kier alpha value is -1.16. The van der Waals surface area contributed by atoms with Gasteiger partial charge in [0, 0.05) is 0 Å². The summed E-state index contributed by atoms with van der Waals surface area (Å²) in [6, 6.07) is 2.20. The first-order valence-electron chi connectivity index (χ1n) is 4.60. The molecule has 0 radical (unpaired) electrons. The molecular formula is C8H8ClN3O4S2. The third kappa shape index (κ3) is 2.09. The fourth-order valence-corrected chi connectivity index (χ4v) is 3.72. The van der Waals surface area contributed by atoms with Gasteiger partial charge in [0.15, 0.2) is 0 Å². The van der Waals surface area contributed by atoms with Gasteiger partial charge >= 0.3 is 0 Å². The molecule has 0 saturated heterocycles. The SMILES string of the molecule is CNS(=O)(=O)c1cc2c(cc1Cl)NC=NS2(=O)=O. The average Bonchev–Trinajstić information content (AvgIpc) is 2.27. The quantitative estimate of drug-likeness (QED) is 0.822. The van der Waals surface area contributed by atoms with Crippen LogP contribution in [0.2, 0.25) is 5.02 Å². The highest BCUT2D eigenvalue weighted by atomic mass is 35.5. The Morgan fingerprint density at radius 2 is 2.06 bits per heavy atom. The van der Waals surface area contributed by atoms with Gasteiger partial charge in [-0.2, -0.15) is 8.42 Å². The van der Waals surface area contributed by atoms with Crippen LogP contribution in [-0.4, -0.2) is 30.2 Å². The molecular weight excluding hydrogens is 302 g/mol. The summed E-state index contributed by atoms with van der Waals surface area (Å²) in [7, 11) is -6.53. The van der Waals surface area contributed by atoms with E-state index in [4.69, 9.17) is 11.6 Å². The lowest BCUT2D eigenvalue weighted by molar-refractivity contribution is 0.588. The van der Waals surface area contributed by atoms with Crippen molar-refractivity contribution in [3.8, 4) is 0 Å². The van der Waals surface area contributed by atoms with Gasteiger partial charge in [-0.1, -0.05) is 11.6 Å². The zero-order chi connectivity index (χ0) is 13.6. The molecule has 0 saturated carbocycles. The fraction of sp³-hybridized carbons (Fsp3) is 0.125. The third-order valence-corrected chi connectivity index (χ3v) is 5.44. The largest absolute Gasteiger partial charge is 0.344 e. The Bertz CT molecular complexity index is 740. The van der Waals surface area contributed by atoms with E-state index in [0.29, 0.717) is 0 Å². The van der Waals surface area contributed by atoms with E-state index in [2.05, 4.69) is 14.4 Å². The first kappa shape index (κ1) is 13.3. The van der Waals surface area contributed by atoms with Gasteiger partial charge in [-0.05, 0) is 19.2 Å². The fourth-order valence-electron chi connectivity index (χ4n) is 1.40. The lowest BCUT2D eigenvalue weighted by Gasteiger charge is -2.14. The van der Waals surface area contributed by atoms with Crippen LogP contribution in [0.25, 0.3) is 0 Å². The second-order valence-corrected chi connectivity index (χ2v) is 7.20. The van der Waals surface area contributed by atoms with Gasteiger partial charge in [0.2, 0.25) is 10.0 Å². The maximum Gasteiger partial charge on any atom is 0.285 e. The van der Waals surface area contributed by atoms with Crippen molar-refractivity contribution in [2.24, 2.45) is 4.40 Å². The van der Waals surface area contributed by atoms with Crippen LogP contribution in [-0.2, 0) is 20.0 Å². The van der Waals surface area contributed by atoms with Gasteiger partial charge in [-0.25, -0.2) is 13.1 Å². The minimum Gasteiger partial charge on any atom is -0.344 e. The average molecular weight is 310 g/mol. The van der Waals surface area contributed by atoms with Crippen molar-refractivity contribution < 1.29 is 16.8 Å². The second kappa shape index (κ2) is 4.19. The van der Waals surface area contributed by atoms with Crippen LogP contribution in [0.5, 0.6) is 0 Å². The monoisotopic (exact) mass is 309 g/mol. The summed E-state index contributed by atoms with van der Waals surface area (Å²) in [6.07, 6.45) is 1.00. The zero-order valence-electron chi connectivity index (χ0n) is 9.01. The normalized spacial score (nSPS) is 17.0. The lowest BCUT2D eigenvalue weighted by atomic mass is 10.3. The van der Waals surface area contributed by atoms with Crippen molar-refractivity contribution in [3.63, 3.8) is 0 Å². The first-order chi connectivity index (χ1) is 8.28. The van der Waals surface area contributed by atoms with E-state index in [1.165, 1.54) is 13.1 Å². The van der Waals surface area contributed by atoms with Gasteiger partial charge in [0.1, 0.15) is 16.1 Å². The molecule has 10 heteroatoms. The highest BCUT2D eigenvalue weighted by molar-refractivity contribution is 7.91. The second-order valence-electron chi connectivity index (χ2n) is 3.34. The zero-order valence-corrected chi connectivity index (χ0v) is 11.4. The molecule has 0 spiro atoms. The van der Waals surface area contributed by atoms with Gasteiger partial charge in [-0.15, -0.1) is 4.40 Å². The van der Waals surface area contributed by atoms with Crippen molar-refractivity contribution in [3.05, 3.63) is 17.2 Å². The molecule has 0 atom stereocenters. The molecule has 2 rings (SSSR count). The van der Waals surface area contributed by atoms with Crippen molar-refractivity contribution in [1.82, 2.24) is 4.72 Å². The maximum atomic E-state index is 11.7. The van der Waals surface area contributed by atoms with Crippen LogP contribution in [0, 0.1) is 0 Å². The first-order valence-corrected chi connectivity index (χ1v) is 7.90. The molecule has 0 bridgehead atoms. The topological polar surface area (TPSA) is 105 Å². The molecule has 0 fully saturated rings. The van der Waals surface area contributed by atoms with E-state index >= 15 is 0 Å². The minimum absolute atomic E-state index is 0.0823. The van der Waals surface area contributed by atoms with Crippen LogP contribution < -0.4 is 10.0 Å². The van der Waals surface area contributed by atoms with Crippen LogP contribution in [0.1, 0.15) is 0 Å². The van der Waals surface area contributed by atoms with Gasteiger partial charge in [0.05, 0.1) is 10.7 Å². The Kier molecular flexibility index (Phi) is 3.09. The smallest absolute Gasteiger partial charge is 0.285 e. The van der Waals surface area contributed by atoms with Gasteiger partial charge < -0.3 is 5.32 Å². The summed E-state index contributed by atoms with van der Waals surface area (Å²) in [5.41, 5.74) is 0.185. The highest BCUT2D eigenvalue weighted by Crippen LogP contribution is 2.33. The molecule has 2 N–H and O–H groups in total. The number of hydrogen-bond acceptors (Lipinski definition) is 5. The number of sulfonamides is 2. The summed E-state index contributed by atoms with van der Waals surface area (Å²) in [5, 5.41) is 2.50. The number of hydrogen-bond donors (Lipinski definition) is 2. The molecule has 1 aromatic rings. The number of halogens is 1. The molecule has 1 heterocycles. The number of anilines is 1. The number of fused-ring (bicyclic) bond motifs is 1. The van der Waals surface area contributed by atoms with E-state index in [-0.39, 0.29) is 20.5 Å². The molecule has 0 amide bonds. The lowest BCUT2D eigenvalue weighted by Crippen LogP contribution is -2.20. The highest BCUT2D eigenvalue weighted by Gasteiger charge is 2.26. The van der Waals surface area contributed by atoms with Gasteiger partial charge in [-0.3, -0.25) is 0 Å². The predicted octanol–water partition coefficient (Wildman–Crippen LogP) is 0.391. The van der Waals surface area contributed by atoms with Crippen LogP contribution in [0.4, 0.5) is 5.69 Å². The summed E-state index contributed by atoms with van der Waals surface area (Å²) in [5.74, 6) is 0. The van der Waals surface area contributed by atoms with E-state index in [1.54, 1.807) is 0 Å². The van der Waals surface area contributed by atoms with Crippen LogP contribution in [0.3, 0.4) is 0 Å². The summed E-state index contributed by atoms with van der Waals surface area (Å²) in [4.78, 5) is -0.545. The molecule has 1 aromatic carbocycles. The van der Waals surface area contributed by atoms with E-state index in [9.17, 15) is 16.8 Å². The van der Waals surface area contributed by atoms with Crippen LogP contribution in [0.15, 0.2) is 26.3 Å². The molecule has 1 aliphatic rings. The summed E-state index contributed by atoms with van der Waals surface area (Å²) in [6.45, 7) is 0. The Labute approximate surface area is 109 Å². The Balaban J connectivity index is 2.78. The van der Waals surface area contributed by atoms with Crippen molar-refractivity contribution in [2.75, 3.05) is 12.4 Å². The van der Waals surface area contributed by atoms with E-state index < -0.39 is 20.0 Å². The predicted molar refractivity (Wildman–Crippen MR) is 67.0 cm³/mol. The van der Waals surface area contributed by atoms with E-state index in [1.807, 2.05) is 0 Å². The summed E-state index contributed by atoms with van der Waals surface area (Å²) < 4.78 is 52.0. The number of nitrogens with zero attached hydrogens (tertiary/aromatic N) is 1. The minimum atomic E-state index is -3.89.